The molecule has 15 heavy (non-hydrogen) atoms. The summed E-state index contributed by atoms with van der Waals surface area (Å²) in [6.45, 7) is 10.9. The molecule has 0 radical (unpaired) electrons. The van der Waals surface area contributed by atoms with Crippen molar-refractivity contribution in [1.82, 2.24) is 15.5 Å². The average Bonchev–Trinajstić information content (AvgIpc) is 2.25. The van der Waals surface area contributed by atoms with Gasteiger partial charge < -0.3 is 15.5 Å². The van der Waals surface area contributed by atoms with Gasteiger partial charge in [-0.25, -0.2) is 4.79 Å². The van der Waals surface area contributed by atoms with Crippen molar-refractivity contribution >= 4 is 6.03 Å². The van der Waals surface area contributed by atoms with E-state index in [0.717, 1.165) is 45.6 Å². The molecule has 0 fully saturated rings. The standard InChI is InChI=1S/C11H25N3O/c1-4-7-12-11(15)13-8-10-14(6-3)9-5-2/h4-10H2,1-3H3,(H2,12,13,15). The van der Waals surface area contributed by atoms with Gasteiger partial charge in [-0.05, 0) is 25.9 Å². The van der Waals surface area contributed by atoms with E-state index in [4.69, 9.17) is 0 Å². The fourth-order valence-electron chi connectivity index (χ4n) is 1.37. The molecule has 0 spiro atoms. The van der Waals surface area contributed by atoms with Gasteiger partial charge in [-0.2, -0.15) is 0 Å². The van der Waals surface area contributed by atoms with E-state index < -0.39 is 0 Å². The Morgan fingerprint density at radius 2 is 1.67 bits per heavy atom. The Hall–Kier alpha value is -0.770. The van der Waals surface area contributed by atoms with Crippen LogP contribution in [-0.2, 0) is 0 Å². The summed E-state index contributed by atoms with van der Waals surface area (Å²) >= 11 is 0. The van der Waals surface area contributed by atoms with Gasteiger partial charge in [0.1, 0.15) is 0 Å². The van der Waals surface area contributed by atoms with Crippen molar-refractivity contribution in [3.8, 4) is 0 Å². The third kappa shape index (κ3) is 8.24. The van der Waals surface area contributed by atoms with Gasteiger partial charge in [0.05, 0.1) is 0 Å². The van der Waals surface area contributed by atoms with Crippen molar-refractivity contribution in [2.45, 2.75) is 33.6 Å². The van der Waals surface area contributed by atoms with Crippen molar-refractivity contribution in [2.24, 2.45) is 0 Å². The van der Waals surface area contributed by atoms with Crippen LogP contribution in [0.25, 0.3) is 0 Å². The van der Waals surface area contributed by atoms with Crippen LogP contribution in [0.1, 0.15) is 33.6 Å². The van der Waals surface area contributed by atoms with Gasteiger partial charge in [0.15, 0.2) is 0 Å². The van der Waals surface area contributed by atoms with E-state index in [2.05, 4.69) is 29.4 Å². The summed E-state index contributed by atoms with van der Waals surface area (Å²) in [6.07, 6.45) is 2.14. The second-order valence-electron chi connectivity index (χ2n) is 3.62. The molecule has 4 heteroatoms. The van der Waals surface area contributed by atoms with Crippen molar-refractivity contribution in [3.63, 3.8) is 0 Å². The molecule has 0 atom stereocenters. The molecule has 2 N–H and O–H groups in total. The minimum absolute atomic E-state index is 0.0515. The van der Waals surface area contributed by atoms with Crippen molar-refractivity contribution in [2.75, 3.05) is 32.7 Å². The van der Waals surface area contributed by atoms with Crippen LogP contribution in [0.5, 0.6) is 0 Å². The van der Waals surface area contributed by atoms with Gasteiger partial charge in [-0.15, -0.1) is 0 Å². The van der Waals surface area contributed by atoms with E-state index >= 15 is 0 Å². The van der Waals surface area contributed by atoms with Crippen LogP contribution < -0.4 is 10.6 Å². The molecule has 4 nitrogen and oxygen atoms in total. The smallest absolute Gasteiger partial charge is 0.314 e. The quantitative estimate of drug-likeness (QED) is 0.643. The largest absolute Gasteiger partial charge is 0.338 e. The van der Waals surface area contributed by atoms with E-state index in [1.54, 1.807) is 0 Å². The number of nitrogens with one attached hydrogen (secondary N) is 2. The summed E-state index contributed by atoms with van der Waals surface area (Å²) in [5.74, 6) is 0. The van der Waals surface area contributed by atoms with E-state index in [9.17, 15) is 4.79 Å². The van der Waals surface area contributed by atoms with Crippen LogP contribution in [0.2, 0.25) is 0 Å². The second kappa shape index (κ2) is 9.77. The molecule has 0 rings (SSSR count). The zero-order valence-corrected chi connectivity index (χ0v) is 10.3. The van der Waals surface area contributed by atoms with Gasteiger partial charge in [0.25, 0.3) is 0 Å². The molecular weight excluding hydrogens is 190 g/mol. The summed E-state index contributed by atoms with van der Waals surface area (Å²) in [5.41, 5.74) is 0. The molecule has 0 saturated heterocycles. The first-order chi connectivity index (χ1) is 7.24. The number of nitrogens with zero attached hydrogens (tertiary/aromatic N) is 1. The molecule has 0 heterocycles. The summed E-state index contributed by atoms with van der Waals surface area (Å²) in [7, 11) is 0. The monoisotopic (exact) mass is 215 g/mol. The van der Waals surface area contributed by atoms with Gasteiger partial charge in [0, 0.05) is 19.6 Å². The maximum Gasteiger partial charge on any atom is 0.314 e. The van der Waals surface area contributed by atoms with Crippen LogP contribution in [0, 0.1) is 0 Å². The number of carbonyl (C=O) groups is 1. The average molecular weight is 215 g/mol. The Bertz CT molecular complexity index is 162. The molecule has 0 aliphatic heterocycles. The van der Waals surface area contributed by atoms with E-state index in [1.807, 2.05) is 6.92 Å². The first-order valence-corrected chi connectivity index (χ1v) is 5.98. The Morgan fingerprint density at radius 1 is 1.00 bits per heavy atom. The third-order valence-electron chi connectivity index (χ3n) is 2.24. The van der Waals surface area contributed by atoms with Gasteiger partial charge >= 0.3 is 6.03 Å². The Balaban J connectivity index is 3.45. The lowest BCUT2D eigenvalue weighted by Gasteiger charge is -2.19. The summed E-state index contributed by atoms with van der Waals surface area (Å²) in [6, 6.07) is -0.0515. The molecule has 0 unspecified atom stereocenters. The van der Waals surface area contributed by atoms with Crippen LogP contribution in [0.4, 0.5) is 4.79 Å². The zero-order chi connectivity index (χ0) is 11.5. The molecule has 2 amide bonds. The zero-order valence-electron chi connectivity index (χ0n) is 10.3. The Morgan fingerprint density at radius 3 is 2.20 bits per heavy atom. The van der Waals surface area contributed by atoms with Crippen LogP contribution in [0.3, 0.4) is 0 Å². The molecule has 90 valence electrons. The number of amides is 2. The highest BCUT2D eigenvalue weighted by molar-refractivity contribution is 5.73. The summed E-state index contributed by atoms with van der Waals surface area (Å²) in [4.78, 5) is 13.5. The Kier molecular flexibility index (Phi) is 9.27. The third-order valence-corrected chi connectivity index (χ3v) is 2.24. The normalized spacial score (nSPS) is 10.4. The number of urea groups is 1. The van der Waals surface area contributed by atoms with Crippen molar-refractivity contribution in [3.05, 3.63) is 0 Å². The molecular formula is C11H25N3O. The van der Waals surface area contributed by atoms with Gasteiger partial charge in [-0.3, -0.25) is 0 Å². The Labute approximate surface area is 93.4 Å². The van der Waals surface area contributed by atoms with Crippen LogP contribution in [0.15, 0.2) is 0 Å². The highest BCUT2D eigenvalue weighted by atomic mass is 16.2. The fourth-order valence-corrected chi connectivity index (χ4v) is 1.37. The lowest BCUT2D eigenvalue weighted by molar-refractivity contribution is 0.236. The van der Waals surface area contributed by atoms with E-state index in [0.29, 0.717) is 0 Å². The number of hydrogen-bond acceptors (Lipinski definition) is 2. The molecule has 0 aliphatic carbocycles. The maximum absolute atomic E-state index is 11.2. The fraction of sp³-hybridized carbons (Fsp3) is 0.909. The van der Waals surface area contributed by atoms with Crippen LogP contribution >= 0.6 is 0 Å². The predicted octanol–water partition coefficient (Wildman–Crippen LogP) is 1.43. The maximum atomic E-state index is 11.2. The lowest BCUT2D eigenvalue weighted by atomic mass is 10.4. The SMILES string of the molecule is CCCNC(=O)NCCN(CC)CCC. The predicted molar refractivity (Wildman–Crippen MR) is 64.1 cm³/mol. The van der Waals surface area contributed by atoms with Crippen molar-refractivity contribution in [1.29, 1.82) is 0 Å². The number of carbonyl (C=O) groups excluding carboxylic acids is 1. The number of likely N-dealkylation sites (N-methyl/N-ethyl adjacent to an activating group) is 1. The van der Waals surface area contributed by atoms with Crippen molar-refractivity contribution < 1.29 is 4.79 Å². The molecule has 0 aromatic rings. The van der Waals surface area contributed by atoms with Gasteiger partial charge in [-0.1, -0.05) is 20.8 Å². The molecule has 0 aromatic carbocycles. The molecule has 0 bridgehead atoms. The van der Waals surface area contributed by atoms with Crippen LogP contribution in [-0.4, -0.2) is 43.7 Å². The van der Waals surface area contributed by atoms with E-state index in [-0.39, 0.29) is 6.03 Å². The summed E-state index contributed by atoms with van der Waals surface area (Å²) < 4.78 is 0. The first kappa shape index (κ1) is 14.2. The first-order valence-electron chi connectivity index (χ1n) is 5.98. The second-order valence-corrected chi connectivity index (χ2v) is 3.62. The molecule has 0 aromatic heterocycles. The summed E-state index contributed by atoms with van der Waals surface area (Å²) in [5, 5.41) is 5.64. The topological polar surface area (TPSA) is 44.4 Å². The lowest BCUT2D eigenvalue weighted by Crippen LogP contribution is -2.40. The highest BCUT2D eigenvalue weighted by Gasteiger charge is 2.01. The minimum atomic E-state index is -0.0515. The number of hydrogen-bond donors (Lipinski definition) is 2. The van der Waals surface area contributed by atoms with E-state index in [1.165, 1.54) is 0 Å². The van der Waals surface area contributed by atoms with Gasteiger partial charge in [0.2, 0.25) is 0 Å². The highest BCUT2D eigenvalue weighted by Crippen LogP contribution is 1.88. The molecule has 0 saturated carbocycles. The number of rotatable bonds is 8. The molecule has 0 aliphatic rings. The minimum Gasteiger partial charge on any atom is -0.338 e.